The molecular formula is C26H18Cl3N5O2S. The number of hydrazone groups is 1. The predicted molar refractivity (Wildman–Crippen MR) is 139 cm³/mol. The van der Waals surface area contributed by atoms with Crippen LogP contribution in [0.25, 0.3) is 0 Å². The van der Waals surface area contributed by atoms with Crippen LogP contribution in [0.3, 0.4) is 0 Å². The number of quaternary nitrogens is 1. The Kier molecular flexibility index (Phi) is 7.73. The highest BCUT2D eigenvalue weighted by atomic mass is 35.5. The van der Waals surface area contributed by atoms with E-state index in [0.717, 1.165) is 5.56 Å². The van der Waals surface area contributed by atoms with Gasteiger partial charge in [0, 0.05) is 10.0 Å². The van der Waals surface area contributed by atoms with Crippen molar-refractivity contribution in [1.82, 2.24) is 0 Å². The second-order valence-corrected chi connectivity index (χ2v) is 10.7. The maximum Gasteiger partial charge on any atom is 0.277 e. The topological polar surface area (TPSA) is 93.4 Å². The van der Waals surface area contributed by atoms with Crippen LogP contribution >= 0.6 is 23.2 Å². The molecule has 0 bridgehead atoms. The number of sulfone groups is 1. The van der Waals surface area contributed by atoms with Crippen molar-refractivity contribution in [3.63, 3.8) is 0 Å². The third-order valence-electron chi connectivity index (χ3n) is 5.50. The molecule has 0 saturated carbocycles. The Morgan fingerprint density at radius 2 is 1.38 bits per heavy atom. The molecule has 0 fully saturated rings. The zero-order chi connectivity index (χ0) is 25.3. The summed E-state index contributed by atoms with van der Waals surface area (Å²) in [5.41, 5.74) is 4.45. The molecule has 11 heteroatoms. The molecule has 37 heavy (non-hydrogen) atoms. The van der Waals surface area contributed by atoms with Crippen molar-refractivity contribution in [3.8, 4) is 6.07 Å². The summed E-state index contributed by atoms with van der Waals surface area (Å²) in [6, 6.07) is 29.1. The molecular weight excluding hydrogens is 553 g/mol. The summed E-state index contributed by atoms with van der Waals surface area (Å²) in [5.74, 6) is 0.636. The minimum Gasteiger partial charge on any atom is -1.00 e. The molecule has 0 atom stereocenters. The number of nitrogens with zero attached hydrogens (tertiary/aromatic N) is 4. The largest absolute Gasteiger partial charge is 1.00 e. The fourth-order valence-electron chi connectivity index (χ4n) is 3.73. The lowest BCUT2D eigenvalue weighted by Crippen LogP contribution is -3.00. The number of hydrazine groups is 1. The SMILES string of the molecule is N#Cc1ccc(C2=NN(c3cc(Cl)cc(Cl)c3)N(c3ccc(S(=O)(=O)c4ccccc4)cc3)[NH2+]2)cc1.[Cl-]. The number of rotatable bonds is 5. The molecule has 4 aromatic rings. The van der Waals surface area contributed by atoms with Gasteiger partial charge in [-0.15, -0.1) is 10.2 Å². The van der Waals surface area contributed by atoms with Crippen molar-refractivity contribution in [2.45, 2.75) is 9.79 Å². The van der Waals surface area contributed by atoms with E-state index in [0.29, 0.717) is 32.8 Å². The number of nitriles is 1. The van der Waals surface area contributed by atoms with Crippen molar-refractivity contribution >= 4 is 50.2 Å². The highest BCUT2D eigenvalue weighted by molar-refractivity contribution is 7.91. The van der Waals surface area contributed by atoms with Gasteiger partial charge in [-0.1, -0.05) is 46.5 Å². The fraction of sp³-hybridized carbons (Fsp3) is 0. The normalized spacial score (nSPS) is 13.1. The number of amidine groups is 1. The van der Waals surface area contributed by atoms with Gasteiger partial charge in [-0.25, -0.2) is 8.42 Å². The first-order valence-electron chi connectivity index (χ1n) is 10.7. The van der Waals surface area contributed by atoms with Gasteiger partial charge >= 0.3 is 0 Å². The molecule has 0 saturated heterocycles. The maximum atomic E-state index is 13.0. The van der Waals surface area contributed by atoms with E-state index in [4.69, 9.17) is 33.6 Å². The molecule has 1 aliphatic heterocycles. The Balaban J connectivity index is 0.00000320. The van der Waals surface area contributed by atoms with Gasteiger partial charge in [-0.05, 0) is 78.9 Å². The molecule has 0 radical (unpaired) electrons. The van der Waals surface area contributed by atoms with Crippen LogP contribution in [0, 0.1) is 11.3 Å². The van der Waals surface area contributed by atoms with Crippen LogP contribution in [0.2, 0.25) is 10.0 Å². The van der Waals surface area contributed by atoms with E-state index >= 15 is 0 Å². The summed E-state index contributed by atoms with van der Waals surface area (Å²) in [7, 11) is -3.65. The Hall–Kier alpha value is -3.58. The van der Waals surface area contributed by atoms with Crippen molar-refractivity contribution in [2.24, 2.45) is 5.10 Å². The van der Waals surface area contributed by atoms with Crippen LogP contribution in [0.4, 0.5) is 11.4 Å². The highest BCUT2D eigenvalue weighted by Crippen LogP contribution is 2.30. The summed E-state index contributed by atoms with van der Waals surface area (Å²) >= 11 is 12.5. The van der Waals surface area contributed by atoms with Crippen molar-refractivity contribution < 1.29 is 26.3 Å². The average Bonchev–Trinajstić information content (AvgIpc) is 3.34. The lowest BCUT2D eigenvalue weighted by Gasteiger charge is -2.24. The summed E-state index contributed by atoms with van der Waals surface area (Å²) in [6.07, 6.45) is 0. The molecule has 5 rings (SSSR count). The summed E-state index contributed by atoms with van der Waals surface area (Å²) < 4.78 is 26.0. The third kappa shape index (κ3) is 5.42. The Labute approximate surface area is 230 Å². The van der Waals surface area contributed by atoms with E-state index in [1.54, 1.807) is 95.2 Å². The van der Waals surface area contributed by atoms with Gasteiger partial charge in [-0.2, -0.15) is 10.7 Å². The molecule has 186 valence electrons. The first kappa shape index (κ1) is 26.5. The van der Waals surface area contributed by atoms with E-state index in [1.165, 1.54) is 0 Å². The molecule has 1 aliphatic rings. The van der Waals surface area contributed by atoms with Crippen LogP contribution in [0.15, 0.2) is 112 Å². The molecule has 4 aromatic carbocycles. The minimum absolute atomic E-state index is 0. The van der Waals surface area contributed by atoms with E-state index in [9.17, 15) is 8.42 Å². The lowest BCUT2D eigenvalue weighted by atomic mass is 10.1. The highest BCUT2D eigenvalue weighted by Gasteiger charge is 2.32. The number of anilines is 2. The van der Waals surface area contributed by atoms with Gasteiger partial charge < -0.3 is 12.4 Å². The molecule has 0 aromatic heterocycles. The summed E-state index contributed by atoms with van der Waals surface area (Å²) in [6.45, 7) is 0. The van der Waals surface area contributed by atoms with Gasteiger partial charge in [0.05, 0.1) is 32.7 Å². The molecule has 1 heterocycles. The molecule has 7 nitrogen and oxygen atoms in total. The third-order valence-corrected chi connectivity index (χ3v) is 7.73. The Morgan fingerprint density at radius 1 is 0.784 bits per heavy atom. The Morgan fingerprint density at radius 3 is 1.97 bits per heavy atom. The summed E-state index contributed by atoms with van der Waals surface area (Å²) in [5, 5.41) is 18.2. The van der Waals surface area contributed by atoms with Crippen molar-refractivity contribution in [3.05, 3.63) is 118 Å². The van der Waals surface area contributed by atoms with Gasteiger partial charge in [0.15, 0.2) is 0 Å². The van der Waals surface area contributed by atoms with E-state index in [1.807, 2.05) is 17.6 Å². The molecule has 0 aliphatic carbocycles. The maximum absolute atomic E-state index is 13.0. The standard InChI is InChI=1S/C26H17Cl2N5O2S.ClH/c27-20-14-21(28)16-23(15-20)33-31-26(19-8-6-18(17-29)7-9-19)30-32(33)22-10-12-25(13-11-22)36(34,35)24-4-2-1-3-5-24;/h1-16H,(H,30,31);1H. The van der Waals surface area contributed by atoms with Gasteiger partial charge in [0.2, 0.25) is 9.84 Å². The van der Waals surface area contributed by atoms with Crippen LogP contribution in [-0.4, -0.2) is 14.3 Å². The van der Waals surface area contributed by atoms with Crippen LogP contribution in [0.5, 0.6) is 0 Å². The van der Waals surface area contributed by atoms with Gasteiger partial charge in [0.25, 0.3) is 5.84 Å². The molecule has 2 N–H and O–H groups in total. The first-order chi connectivity index (χ1) is 17.3. The fourth-order valence-corrected chi connectivity index (χ4v) is 5.53. The lowest BCUT2D eigenvalue weighted by molar-refractivity contribution is -0.545. The number of benzene rings is 4. The monoisotopic (exact) mass is 569 g/mol. The van der Waals surface area contributed by atoms with Crippen LogP contribution in [0.1, 0.15) is 11.1 Å². The van der Waals surface area contributed by atoms with Crippen molar-refractivity contribution in [2.75, 3.05) is 10.2 Å². The zero-order valence-electron chi connectivity index (χ0n) is 19.0. The molecule has 0 spiro atoms. The first-order valence-corrected chi connectivity index (χ1v) is 13.0. The second kappa shape index (κ2) is 10.8. The zero-order valence-corrected chi connectivity index (χ0v) is 22.0. The average molecular weight is 571 g/mol. The van der Waals surface area contributed by atoms with E-state index in [-0.39, 0.29) is 22.2 Å². The predicted octanol–water partition coefficient (Wildman–Crippen LogP) is 1.78. The van der Waals surface area contributed by atoms with Gasteiger partial charge in [-0.3, -0.25) is 0 Å². The van der Waals surface area contributed by atoms with Crippen molar-refractivity contribution in [1.29, 1.82) is 5.26 Å². The van der Waals surface area contributed by atoms with Crippen LogP contribution in [-0.2, 0) is 9.84 Å². The van der Waals surface area contributed by atoms with E-state index < -0.39 is 9.84 Å². The van der Waals surface area contributed by atoms with Gasteiger partial charge in [0.1, 0.15) is 5.69 Å². The van der Waals surface area contributed by atoms with Crippen LogP contribution < -0.4 is 28.1 Å². The quantitative estimate of drug-likeness (QED) is 0.369. The smallest absolute Gasteiger partial charge is 0.277 e. The number of halogens is 3. The van der Waals surface area contributed by atoms with E-state index in [2.05, 4.69) is 6.07 Å². The number of nitrogens with two attached hydrogens (primary N) is 1. The second-order valence-electron chi connectivity index (χ2n) is 7.88. The minimum atomic E-state index is -3.65. The number of hydrogen-bond donors (Lipinski definition) is 1. The molecule has 0 unspecified atom stereocenters. The Bertz CT molecular complexity index is 1590. The summed E-state index contributed by atoms with van der Waals surface area (Å²) in [4.78, 5) is 0.411. The number of hydrogen-bond acceptors (Lipinski definition) is 6. The molecule has 0 amide bonds.